The Balaban J connectivity index is 2.73. The normalized spacial score (nSPS) is 11.4. The van der Waals surface area contributed by atoms with Crippen molar-refractivity contribution in [1.29, 1.82) is 5.26 Å². The first kappa shape index (κ1) is 13.0. The first-order valence-corrected chi connectivity index (χ1v) is 5.09. The van der Waals surface area contributed by atoms with Crippen molar-refractivity contribution < 1.29 is 4.39 Å². The first-order chi connectivity index (χ1) is 8.19. The highest BCUT2D eigenvalue weighted by Crippen LogP contribution is 2.17. The monoisotopic (exact) mass is 233 g/mol. The minimum absolute atomic E-state index is 0.273. The van der Waals surface area contributed by atoms with Gasteiger partial charge < -0.3 is 0 Å². The SMILES string of the molecule is Cc1cc(F)ccc1C(C#N)NCCN=[N+]=[N-]. The number of benzene rings is 1. The second-order valence-corrected chi connectivity index (χ2v) is 3.47. The summed E-state index contributed by atoms with van der Waals surface area (Å²) in [5.74, 6) is -0.322. The maximum atomic E-state index is 12.9. The molecule has 1 N–H and O–H groups in total. The van der Waals surface area contributed by atoms with Crippen LogP contribution in [-0.4, -0.2) is 13.1 Å². The summed E-state index contributed by atoms with van der Waals surface area (Å²) in [6, 6.07) is 5.85. The number of halogens is 1. The second-order valence-electron chi connectivity index (χ2n) is 3.47. The topological polar surface area (TPSA) is 84.6 Å². The van der Waals surface area contributed by atoms with E-state index in [0.717, 1.165) is 5.56 Å². The highest BCUT2D eigenvalue weighted by Gasteiger charge is 2.12. The zero-order chi connectivity index (χ0) is 12.7. The van der Waals surface area contributed by atoms with Crippen LogP contribution in [0.5, 0.6) is 0 Å². The molecule has 0 heterocycles. The summed E-state index contributed by atoms with van der Waals surface area (Å²) in [7, 11) is 0. The highest BCUT2D eigenvalue weighted by molar-refractivity contribution is 5.32. The van der Waals surface area contributed by atoms with Gasteiger partial charge in [-0.3, -0.25) is 5.32 Å². The Kier molecular flexibility index (Phi) is 4.95. The van der Waals surface area contributed by atoms with E-state index in [1.54, 1.807) is 13.0 Å². The summed E-state index contributed by atoms with van der Waals surface area (Å²) in [6.45, 7) is 2.42. The van der Waals surface area contributed by atoms with Gasteiger partial charge in [-0.1, -0.05) is 11.2 Å². The van der Waals surface area contributed by atoms with Gasteiger partial charge in [0.05, 0.1) is 6.07 Å². The largest absolute Gasteiger partial charge is 0.298 e. The molecular formula is C11H12FN5. The van der Waals surface area contributed by atoms with Crippen molar-refractivity contribution in [2.75, 3.05) is 13.1 Å². The Labute approximate surface area is 98.5 Å². The molecule has 1 atom stereocenters. The molecule has 1 rings (SSSR count). The summed E-state index contributed by atoms with van der Waals surface area (Å²) in [5.41, 5.74) is 9.55. The summed E-state index contributed by atoms with van der Waals surface area (Å²) < 4.78 is 12.9. The second kappa shape index (κ2) is 6.48. The lowest BCUT2D eigenvalue weighted by Gasteiger charge is -2.13. The van der Waals surface area contributed by atoms with Crippen molar-refractivity contribution in [2.45, 2.75) is 13.0 Å². The average Bonchev–Trinajstić information content (AvgIpc) is 2.31. The lowest BCUT2D eigenvalue weighted by Crippen LogP contribution is -2.23. The van der Waals surface area contributed by atoms with Crippen LogP contribution >= 0.6 is 0 Å². The van der Waals surface area contributed by atoms with Crippen LogP contribution in [0.2, 0.25) is 0 Å². The van der Waals surface area contributed by atoms with E-state index in [2.05, 4.69) is 21.4 Å². The lowest BCUT2D eigenvalue weighted by molar-refractivity contribution is 0.613. The standard InChI is InChI=1S/C11H12FN5/c1-8-6-9(12)2-3-10(8)11(7-13)15-4-5-16-17-14/h2-3,6,11,15H,4-5H2,1H3. The van der Waals surface area contributed by atoms with Crippen molar-refractivity contribution in [3.63, 3.8) is 0 Å². The van der Waals surface area contributed by atoms with Crippen molar-refractivity contribution in [1.82, 2.24) is 5.32 Å². The molecule has 0 aliphatic rings. The molecule has 1 aromatic carbocycles. The first-order valence-electron chi connectivity index (χ1n) is 5.09. The molecule has 0 spiro atoms. The number of nitrogens with zero attached hydrogens (tertiary/aromatic N) is 4. The average molecular weight is 233 g/mol. The van der Waals surface area contributed by atoms with E-state index in [1.165, 1.54) is 12.1 Å². The van der Waals surface area contributed by atoms with E-state index in [0.29, 0.717) is 12.1 Å². The van der Waals surface area contributed by atoms with E-state index in [9.17, 15) is 4.39 Å². The maximum Gasteiger partial charge on any atom is 0.123 e. The third kappa shape index (κ3) is 3.76. The minimum Gasteiger partial charge on any atom is -0.298 e. The fraction of sp³-hybridized carbons (Fsp3) is 0.364. The van der Waals surface area contributed by atoms with E-state index in [1.807, 2.05) is 0 Å². The van der Waals surface area contributed by atoms with Gasteiger partial charge in [-0.15, -0.1) is 0 Å². The Morgan fingerprint density at radius 2 is 2.41 bits per heavy atom. The summed E-state index contributed by atoms with van der Waals surface area (Å²) >= 11 is 0. The number of nitriles is 1. The van der Waals surface area contributed by atoms with Crippen molar-refractivity contribution in [2.24, 2.45) is 5.11 Å². The quantitative estimate of drug-likeness (QED) is 0.367. The number of hydrogen-bond acceptors (Lipinski definition) is 3. The smallest absolute Gasteiger partial charge is 0.123 e. The third-order valence-corrected chi connectivity index (χ3v) is 2.30. The van der Waals surface area contributed by atoms with Crippen molar-refractivity contribution in [3.05, 3.63) is 45.6 Å². The molecule has 0 radical (unpaired) electrons. The number of aryl methyl sites for hydroxylation is 1. The molecule has 17 heavy (non-hydrogen) atoms. The molecule has 0 amide bonds. The maximum absolute atomic E-state index is 12.9. The van der Waals surface area contributed by atoms with Gasteiger partial charge in [0.1, 0.15) is 11.9 Å². The molecule has 0 saturated heterocycles. The fourth-order valence-electron chi connectivity index (χ4n) is 1.49. The number of nitrogens with one attached hydrogen (secondary N) is 1. The van der Waals surface area contributed by atoms with Crippen LogP contribution in [0.25, 0.3) is 10.4 Å². The van der Waals surface area contributed by atoms with Crippen LogP contribution in [0.15, 0.2) is 23.3 Å². The van der Waals surface area contributed by atoms with E-state index < -0.39 is 6.04 Å². The Hall–Kier alpha value is -2.09. The van der Waals surface area contributed by atoms with Crippen LogP contribution in [-0.2, 0) is 0 Å². The molecule has 0 aliphatic heterocycles. The van der Waals surface area contributed by atoms with E-state index >= 15 is 0 Å². The van der Waals surface area contributed by atoms with Gasteiger partial charge in [-0.25, -0.2) is 4.39 Å². The van der Waals surface area contributed by atoms with Crippen LogP contribution in [0, 0.1) is 24.1 Å². The Bertz CT molecular complexity index is 473. The fourth-order valence-corrected chi connectivity index (χ4v) is 1.49. The molecular weight excluding hydrogens is 221 g/mol. The van der Waals surface area contributed by atoms with Gasteiger partial charge in [-0.2, -0.15) is 5.26 Å². The molecule has 88 valence electrons. The van der Waals surface area contributed by atoms with Gasteiger partial charge in [0.15, 0.2) is 0 Å². The molecule has 0 aromatic heterocycles. The molecule has 6 heteroatoms. The summed E-state index contributed by atoms with van der Waals surface area (Å²) in [4.78, 5) is 2.61. The van der Waals surface area contributed by atoms with Gasteiger partial charge in [-0.05, 0) is 35.7 Å². The number of azide groups is 1. The lowest BCUT2D eigenvalue weighted by atomic mass is 10.0. The number of hydrogen-bond donors (Lipinski definition) is 1. The van der Waals surface area contributed by atoms with Gasteiger partial charge in [0.2, 0.25) is 0 Å². The molecule has 0 bridgehead atoms. The molecule has 0 fully saturated rings. The zero-order valence-corrected chi connectivity index (χ0v) is 9.39. The minimum atomic E-state index is -0.524. The molecule has 1 aromatic rings. The van der Waals surface area contributed by atoms with Crippen LogP contribution in [0.3, 0.4) is 0 Å². The third-order valence-electron chi connectivity index (χ3n) is 2.30. The van der Waals surface area contributed by atoms with E-state index in [-0.39, 0.29) is 12.4 Å². The molecule has 1 unspecified atom stereocenters. The molecule has 0 aliphatic carbocycles. The van der Waals surface area contributed by atoms with Gasteiger partial charge in [0, 0.05) is 18.0 Å². The predicted octanol–water partition coefficient (Wildman–Crippen LogP) is 2.60. The molecule has 0 saturated carbocycles. The van der Waals surface area contributed by atoms with Crippen molar-refractivity contribution in [3.8, 4) is 6.07 Å². The number of rotatable bonds is 5. The van der Waals surface area contributed by atoms with E-state index in [4.69, 9.17) is 10.8 Å². The van der Waals surface area contributed by atoms with Crippen LogP contribution < -0.4 is 5.32 Å². The Morgan fingerprint density at radius 3 is 3.00 bits per heavy atom. The van der Waals surface area contributed by atoms with Crippen LogP contribution in [0.4, 0.5) is 4.39 Å². The zero-order valence-electron chi connectivity index (χ0n) is 9.39. The Morgan fingerprint density at radius 1 is 1.65 bits per heavy atom. The predicted molar refractivity (Wildman–Crippen MR) is 61.5 cm³/mol. The highest BCUT2D eigenvalue weighted by atomic mass is 19.1. The van der Waals surface area contributed by atoms with Gasteiger partial charge >= 0.3 is 0 Å². The van der Waals surface area contributed by atoms with Crippen molar-refractivity contribution >= 4 is 0 Å². The summed E-state index contributed by atoms with van der Waals surface area (Å²) in [5, 5.41) is 15.3. The summed E-state index contributed by atoms with van der Waals surface area (Å²) in [6.07, 6.45) is 0. The molecule has 5 nitrogen and oxygen atoms in total. The van der Waals surface area contributed by atoms with Crippen LogP contribution in [0.1, 0.15) is 17.2 Å². The van der Waals surface area contributed by atoms with Gasteiger partial charge in [0.25, 0.3) is 0 Å².